The van der Waals surface area contributed by atoms with E-state index in [9.17, 15) is 18.0 Å². The average molecular weight is 249 g/mol. The molecule has 1 atom stereocenters. The largest absolute Gasteiger partial charge is 0.465 e. The molecule has 0 spiro atoms. The van der Waals surface area contributed by atoms with E-state index >= 15 is 0 Å². The summed E-state index contributed by atoms with van der Waals surface area (Å²) in [6, 6.07) is 4.86. The molecule has 0 aliphatic rings. The third-order valence-electron chi connectivity index (χ3n) is 2.05. The number of amides is 1. The van der Waals surface area contributed by atoms with E-state index in [1.807, 2.05) is 0 Å². The summed E-state index contributed by atoms with van der Waals surface area (Å²) in [5.74, 6) is 0. The number of hydrogen-bond donors (Lipinski definition) is 3. The van der Waals surface area contributed by atoms with Crippen LogP contribution in [0.15, 0.2) is 24.3 Å². The first-order valence-electron chi connectivity index (χ1n) is 4.61. The second kappa shape index (κ2) is 5.05. The minimum absolute atomic E-state index is 0.00226. The Morgan fingerprint density at radius 1 is 1.29 bits per heavy atom. The van der Waals surface area contributed by atoms with Crippen molar-refractivity contribution in [2.24, 2.45) is 0 Å². The summed E-state index contributed by atoms with van der Waals surface area (Å²) in [5, 5.41) is 19.3. The van der Waals surface area contributed by atoms with Gasteiger partial charge in [0.05, 0.1) is 0 Å². The van der Waals surface area contributed by atoms with Crippen LogP contribution in [-0.4, -0.2) is 22.5 Å². The third-order valence-corrected chi connectivity index (χ3v) is 2.05. The minimum atomic E-state index is -4.71. The monoisotopic (exact) mass is 249 g/mol. The Labute approximate surface area is 94.7 Å². The van der Waals surface area contributed by atoms with Crippen LogP contribution in [0.3, 0.4) is 0 Å². The number of halogens is 3. The molecule has 1 rings (SSSR count). The molecule has 4 nitrogen and oxygen atoms in total. The van der Waals surface area contributed by atoms with Crippen LogP contribution in [0.1, 0.15) is 17.2 Å². The Balaban J connectivity index is 2.71. The molecule has 1 aromatic rings. The second-order valence-corrected chi connectivity index (χ2v) is 3.34. The molecule has 0 aliphatic carbocycles. The van der Waals surface area contributed by atoms with Crippen molar-refractivity contribution < 1.29 is 28.2 Å². The van der Waals surface area contributed by atoms with Crippen LogP contribution in [0.5, 0.6) is 0 Å². The highest BCUT2D eigenvalue weighted by atomic mass is 19.4. The van der Waals surface area contributed by atoms with Gasteiger partial charge in [0.1, 0.15) is 0 Å². The lowest BCUT2D eigenvalue weighted by Crippen LogP contribution is -2.21. The Bertz CT molecular complexity index is 389. The van der Waals surface area contributed by atoms with E-state index in [-0.39, 0.29) is 12.1 Å². The summed E-state index contributed by atoms with van der Waals surface area (Å²) in [7, 11) is 0. The van der Waals surface area contributed by atoms with Gasteiger partial charge in [-0.2, -0.15) is 13.2 Å². The molecule has 3 N–H and O–H groups in total. The zero-order valence-corrected chi connectivity index (χ0v) is 8.53. The molecule has 0 bridgehead atoms. The van der Waals surface area contributed by atoms with Gasteiger partial charge in [0, 0.05) is 6.54 Å². The second-order valence-electron chi connectivity index (χ2n) is 3.34. The van der Waals surface area contributed by atoms with Gasteiger partial charge in [0.25, 0.3) is 0 Å². The number of aliphatic hydroxyl groups is 1. The molecular weight excluding hydrogens is 239 g/mol. The number of benzene rings is 1. The van der Waals surface area contributed by atoms with Crippen LogP contribution < -0.4 is 5.32 Å². The summed E-state index contributed by atoms with van der Waals surface area (Å²) < 4.78 is 36.4. The lowest BCUT2D eigenvalue weighted by atomic mass is 10.1. The molecule has 0 fully saturated rings. The summed E-state index contributed by atoms with van der Waals surface area (Å²) in [4.78, 5) is 10.2. The normalized spacial score (nSPS) is 13.2. The van der Waals surface area contributed by atoms with Crippen LogP contribution in [0, 0.1) is 0 Å². The first-order valence-corrected chi connectivity index (χ1v) is 4.61. The van der Waals surface area contributed by atoms with E-state index in [1.54, 1.807) is 0 Å². The summed E-state index contributed by atoms with van der Waals surface area (Å²) in [6.07, 6.45) is -8.45. The van der Waals surface area contributed by atoms with Crippen LogP contribution in [-0.2, 0) is 6.54 Å². The zero-order valence-electron chi connectivity index (χ0n) is 8.53. The van der Waals surface area contributed by atoms with Crippen LogP contribution >= 0.6 is 0 Å². The maximum atomic E-state index is 12.1. The quantitative estimate of drug-likeness (QED) is 0.767. The maximum absolute atomic E-state index is 12.1. The van der Waals surface area contributed by atoms with E-state index in [4.69, 9.17) is 10.2 Å². The first-order chi connectivity index (χ1) is 7.80. The number of carboxylic acid groups (broad SMARTS) is 1. The predicted octanol–water partition coefficient (Wildman–Crippen LogP) is 2.05. The Morgan fingerprint density at radius 3 is 2.24 bits per heavy atom. The third kappa shape index (κ3) is 3.95. The minimum Gasteiger partial charge on any atom is -0.465 e. The van der Waals surface area contributed by atoms with Gasteiger partial charge in [-0.3, -0.25) is 0 Å². The maximum Gasteiger partial charge on any atom is 0.418 e. The van der Waals surface area contributed by atoms with Crippen molar-refractivity contribution in [1.82, 2.24) is 5.32 Å². The van der Waals surface area contributed by atoms with Gasteiger partial charge < -0.3 is 15.5 Å². The average Bonchev–Trinajstić information content (AvgIpc) is 2.25. The van der Waals surface area contributed by atoms with Crippen molar-refractivity contribution in [3.8, 4) is 0 Å². The predicted molar refractivity (Wildman–Crippen MR) is 52.3 cm³/mol. The molecule has 1 aromatic carbocycles. The smallest absolute Gasteiger partial charge is 0.418 e. The van der Waals surface area contributed by atoms with Crippen molar-refractivity contribution >= 4 is 6.09 Å². The zero-order chi connectivity index (χ0) is 13.1. The van der Waals surface area contributed by atoms with E-state index in [0.29, 0.717) is 5.56 Å². The molecular formula is C10H10F3NO3. The summed E-state index contributed by atoms with van der Waals surface area (Å²) in [5.41, 5.74) is 0.224. The SMILES string of the molecule is O=C(O)NCc1ccc([C@H](O)C(F)(F)F)cc1. The first kappa shape index (κ1) is 13.3. The van der Waals surface area contributed by atoms with Crippen molar-refractivity contribution in [2.75, 3.05) is 0 Å². The lowest BCUT2D eigenvalue weighted by molar-refractivity contribution is -0.206. The molecule has 1 amide bonds. The van der Waals surface area contributed by atoms with Gasteiger partial charge in [0.2, 0.25) is 0 Å². The topological polar surface area (TPSA) is 69.6 Å². The number of aliphatic hydroxyl groups excluding tert-OH is 1. The molecule has 0 aromatic heterocycles. The molecule has 7 heteroatoms. The highest BCUT2D eigenvalue weighted by molar-refractivity contribution is 5.64. The summed E-state index contributed by atoms with van der Waals surface area (Å²) >= 11 is 0. The van der Waals surface area contributed by atoms with Gasteiger partial charge in [-0.1, -0.05) is 24.3 Å². The Hall–Kier alpha value is -1.76. The fourth-order valence-electron chi connectivity index (χ4n) is 1.18. The van der Waals surface area contributed by atoms with Gasteiger partial charge in [-0.05, 0) is 11.1 Å². The van der Waals surface area contributed by atoms with Gasteiger partial charge >= 0.3 is 12.3 Å². The molecule has 0 radical (unpaired) electrons. The van der Waals surface area contributed by atoms with Crippen LogP contribution in [0.25, 0.3) is 0 Å². The standard InChI is InChI=1S/C10H10F3NO3/c11-10(12,13)8(15)7-3-1-6(2-4-7)5-14-9(16)17/h1-4,8,14-15H,5H2,(H,16,17)/t8-/m0/s1. The number of hydrogen-bond acceptors (Lipinski definition) is 2. The van der Waals surface area contributed by atoms with Gasteiger partial charge in [-0.25, -0.2) is 4.79 Å². The number of nitrogens with one attached hydrogen (secondary N) is 1. The molecule has 0 saturated carbocycles. The van der Waals surface area contributed by atoms with Gasteiger partial charge in [-0.15, -0.1) is 0 Å². The van der Waals surface area contributed by atoms with Gasteiger partial charge in [0.15, 0.2) is 6.10 Å². The Morgan fingerprint density at radius 2 is 1.82 bits per heavy atom. The van der Waals surface area contributed by atoms with Crippen molar-refractivity contribution in [1.29, 1.82) is 0 Å². The number of carbonyl (C=O) groups is 1. The van der Waals surface area contributed by atoms with E-state index < -0.39 is 18.4 Å². The molecule has 17 heavy (non-hydrogen) atoms. The number of alkyl halides is 3. The van der Waals surface area contributed by atoms with E-state index in [1.165, 1.54) is 12.1 Å². The van der Waals surface area contributed by atoms with E-state index in [2.05, 4.69) is 5.32 Å². The fraction of sp³-hybridized carbons (Fsp3) is 0.300. The van der Waals surface area contributed by atoms with Crippen molar-refractivity contribution in [3.05, 3.63) is 35.4 Å². The highest BCUT2D eigenvalue weighted by Gasteiger charge is 2.39. The molecule has 0 aliphatic heterocycles. The van der Waals surface area contributed by atoms with Crippen LogP contribution in [0.4, 0.5) is 18.0 Å². The fourth-order valence-corrected chi connectivity index (χ4v) is 1.18. The van der Waals surface area contributed by atoms with Crippen LogP contribution in [0.2, 0.25) is 0 Å². The lowest BCUT2D eigenvalue weighted by Gasteiger charge is -2.14. The molecule has 0 saturated heterocycles. The van der Waals surface area contributed by atoms with Crippen molar-refractivity contribution in [2.45, 2.75) is 18.8 Å². The molecule has 0 unspecified atom stereocenters. The number of rotatable bonds is 3. The van der Waals surface area contributed by atoms with E-state index in [0.717, 1.165) is 12.1 Å². The Kier molecular flexibility index (Phi) is 3.95. The highest BCUT2D eigenvalue weighted by Crippen LogP contribution is 2.32. The molecule has 0 heterocycles. The van der Waals surface area contributed by atoms with Crippen molar-refractivity contribution in [3.63, 3.8) is 0 Å². The summed E-state index contributed by atoms with van der Waals surface area (Å²) in [6.45, 7) is -0.00226. The molecule has 94 valence electrons.